The molecule has 2 heterocycles. The molecule has 2 fully saturated rings. The van der Waals surface area contributed by atoms with E-state index in [4.69, 9.17) is 25.8 Å². The predicted molar refractivity (Wildman–Crippen MR) is 125 cm³/mol. The van der Waals surface area contributed by atoms with Crippen LogP contribution in [0.3, 0.4) is 0 Å². The second-order valence-corrected chi connectivity index (χ2v) is 9.01. The average Bonchev–Trinajstić information content (AvgIpc) is 3.16. The molecule has 0 N–H and O–H groups in total. The lowest BCUT2D eigenvalue weighted by molar-refractivity contribution is -0.137. The number of amides is 1. The van der Waals surface area contributed by atoms with Gasteiger partial charge in [-0.15, -0.1) is 0 Å². The highest BCUT2D eigenvalue weighted by molar-refractivity contribution is 6.30. The lowest BCUT2D eigenvalue weighted by Gasteiger charge is -2.39. The molecule has 2 aromatic rings. The highest BCUT2D eigenvalue weighted by Crippen LogP contribution is 2.44. The molecule has 3 atom stereocenters. The zero-order chi connectivity index (χ0) is 22.7. The number of ether oxygens (including phenoxy) is 3. The van der Waals surface area contributed by atoms with Crippen LogP contribution in [0.2, 0.25) is 5.02 Å². The molecule has 0 unspecified atom stereocenters. The number of hydrogen-bond acceptors (Lipinski definition) is 5. The third kappa shape index (κ3) is 4.72. The highest BCUT2D eigenvalue weighted by atomic mass is 35.5. The van der Waals surface area contributed by atoms with Crippen LogP contribution in [0.25, 0.3) is 0 Å². The fourth-order valence-electron chi connectivity index (χ4n) is 5.27. The average molecular weight is 459 g/mol. The fraction of sp³-hybridized carbons (Fsp3) is 0.480. The third-order valence-electron chi connectivity index (χ3n) is 6.77. The monoisotopic (exact) mass is 458 g/mol. The van der Waals surface area contributed by atoms with E-state index in [0.717, 1.165) is 49.1 Å². The lowest BCUT2D eigenvalue weighted by atomic mass is 9.81. The number of methoxy groups -OCH3 is 3. The summed E-state index contributed by atoms with van der Waals surface area (Å²) in [6.45, 7) is 3.39. The first kappa shape index (κ1) is 22.9. The summed E-state index contributed by atoms with van der Waals surface area (Å²) in [5.74, 6) is 2.14. The van der Waals surface area contributed by atoms with Crippen LogP contribution in [0.1, 0.15) is 23.5 Å². The van der Waals surface area contributed by atoms with E-state index < -0.39 is 0 Å². The first-order valence-electron chi connectivity index (χ1n) is 11.0. The van der Waals surface area contributed by atoms with Gasteiger partial charge in [0.1, 0.15) is 6.61 Å². The van der Waals surface area contributed by atoms with Gasteiger partial charge in [0.05, 0.1) is 14.2 Å². The molecular weight excluding hydrogens is 428 g/mol. The van der Waals surface area contributed by atoms with E-state index in [1.54, 1.807) is 21.3 Å². The smallest absolute Gasteiger partial charge is 0.248 e. The van der Waals surface area contributed by atoms with Crippen LogP contribution >= 0.6 is 11.6 Å². The summed E-state index contributed by atoms with van der Waals surface area (Å²) >= 11 is 6.24. The Hall–Kier alpha value is -2.28. The molecule has 2 saturated heterocycles. The maximum Gasteiger partial charge on any atom is 0.248 e. The Morgan fingerprint density at radius 2 is 1.88 bits per heavy atom. The van der Waals surface area contributed by atoms with E-state index in [2.05, 4.69) is 23.1 Å². The molecule has 32 heavy (non-hydrogen) atoms. The van der Waals surface area contributed by atoms with Gasteiger partial charge in [-0.05, 0) is 41.8 Å². The number of benzene rings is 2. The van der Waals surface area contributed by atoms with Crippen molar-refractivity contribution in [3.63, 3.8) is 0 Å². The number of likely N-dealkylation sites (tertiary alicyclic amines) is 2. The molecule has 7 heteroatoms. The molecule has 0 aromatic heterocycles. The first-order chi connectivity index (χ1) is 15.5. The van der Waals surface area contributed by atoms with Crippen molar-refractivity contribution in [3.05, 3.63) is 58.6 Å². The second-order valence-electron chi connectivity index (χ2n) is 8.57. The zero-order valence-electron chi connectivity index (χ0n) is 18.9. The summed E-state index contributed by atoms with van der Waals surface area (Å²) in [6.07, 6.45) is 0.949. The molecular formula is C25H31ClN2O4. The van der Waals surface area contributed by atoms with Gasteiger partial charge in [0.2, 0.25) is 5.91 Å². The van der Waals surface area contributed by atoms with Gasteiger partial charge >= 0.3 is 0 Å². The summed E-state index contributed by atoms with van der Waals surface area (Å²) in [4.78, 5) is 17.1. The molecule has 0 radical (unpaired) electrons. The van der Waals surface area contributed by atoms with Gasteiger partial charge in [0.25, 0.3) is 0 Å². The van der Waals surface area contributed by atoms with Gasteiger partial charge in [-0.3, -0.25) is 9.69 Å². The summed E-state index contributed by atoms with van der Waals surface area (Å²) in [5, 5.41) is 0.759. The highest BCUT2D eigenvalue weighted by Gasteiger charge is 2.46. The van der Waals surface area contributed by atoms with Crippen LogP contribution < -0.4 is 9.47 Å². The summed E-state index contributed by atoms with van der Waals surface area (Å²) in [6, 6.07) is 14.7. The molecule has 6 nitrogen and oxygen atoms in total. The van der Waals surface area contributed by atoms with Crippen molar-refractivity contribution < 1.29 is 19.0 Å². The molecule has 0 saturated carbocycles. The van der Waals surface area contributed by atoms with Gasteiger partial charge < -0.3 is 19.1 Å². The number of carbonyl (C=O) groups is 1. The van der Waals surface area contributed by atoms with E-state index in [0.29, 0.717) is 12.0 Å². The van der Waals surface area contributed by atoms with E-state index in [1.165, 1.54) is 11.1 Å². The van der Waals surface area contributed by atoms with Crippen molar-refractivity contribution in [2.45, 2.75) is 24.9 Å². The molecule has 0 aliphatic carbocycles. The Morgan fingerprint density at radius 3 is 2.59 bits per heavy atom. The molecule has 0 spiro atoms. The Kier molecular flexibility index (Phi) is 7.23. The van der Waals surface area contributed by atoms with Gasteiger partial charge in [-0.2, -0.15) is 0 Å². The van der Waals surface area contributed by atoms with Gasteiger partial charge in [-0.1, -0.05) is 29.8 Å². The number of piperidine rings is 1. The topological polar surface area (TPSA) is 51.2 Å². The Morgan fingerprint density at radius 1 is 1.06 bits per heavy atom. The van der Waals surface area contributed by atoms with Crippen LogP contribution in [0.5, 0.6) is 11.5 Å². The van der Waals surface area contributed by atoms with E-state index >= 15 is 0 Å². The predicted octanol–water partition coefficient (Wildman–Crippen LogP) is 3.82. The van der Waals surface area contributed by atoms with E-state index in [1.807, 2.05) is 29.2 Å². The molecule has 2 aliphatic rings. The normalized spacial score (nSPS) is 23.1. The minimum Gasteiger partial charge on any atom is -0.493 e. The number of hydrogen-bond donors (Lipinski definition) is 0. The van der Waals surface area contributed by atoms with Crippen LogP contribution in [0.15, 0.2) is 42.5 Å². The van der Waals surface area contributed by atoms with Crippen molar-refractivity contribution in [1.82, 2.24) is 9.80 Å². The number of carbonyl (C=O) groups excluding carboxylic acids is 1. The molecule has 172 valence electrons. The molecule has 0 bridgehead atoms. The third-order valence-corrected chi connectivity index (χ3v) is 7.00. The quantitative estimate of drug-likeness (QED) is 0.631. The van der Waals surface area contributed by atoms with Crippen LogP contribution in [0, 0.1) is 5.92 Å². The Labute approximate surface area is 195 Å². The van der Waals surface area contributed by atoms with Crippen molar-refractivity contribution in [1.29, 1.82) is 0 Å². The summed E-state index contributed by atoms with van der Waals surface area (Å²) in [7, 11) is 4.88. The Bertz CT molecular complexity index is 953. The maximum absolute atomic E-state index is 12.6. The fourth-order valence-corrected chi connectivity index (χ4v) is 5.48. The van der Waals surface area contributed by atoms with Crippen LogP contribution in [0.4, 0.5) is 0 Å². The van der Waals surface area contributed by atoms with Gasteiger partial charge in [0, 0.05) is 56.2 Å². The van der Waals surface area contributed by atoms with E-state index in [-0.39, 0.29) is 18.4 Å². The number of rotatable bonds is 7. The number of nitrogens with zero attached hydrogens (tertiary/aromatic N) is 2. The van der Waals surface area contributed by atoms with Crippen molar-refractivity contribution >= 4 is 17.5 Å². The molecule has 2 aliphatic heterocycles. The van der Waals surface area contributed by atoms with E-state index in [9.17, 15) is 4.79 Å². The van der Waals surface area contributed by atoms with Crippen molar-refractivity contribution in [2.24, 2.45) is 5.92 Å². The molecule has 1 amide bonds. The number of fused-ring (bicyclic) bond motifs is 1. The van der Waals surface area contributed by atoms with Crippen molar-refractivity contribution in [2.75, 3.05) is 47.6 Å². The summed E-state index contributed by atoms with van der Waals surface area (Å²) in [5.41, 5.74) is 2.43. The minimum atomic E-state index is 0.0605. The SMILES string of the molecule is COCC(=O)N1CC[C@@H]2[C@H](C1)[C@@H](c1ccc(OC)c(OC)c1)CN2Cc1cccc(Cl)c1. The maximum atomic E-state index is 12.6. The largest absolute Gasteiger partial charge is 0.493 e. The first-order valence-corrected chi connectivity index (χ1v) is 11.4. The minimum absolute atomic E-state index is 0.0605. The Balaban J connectivity index is 1.62. The number of halogens is 1. The zero-order valence-corrected chi connectivity index (χ0v) is 19.7. The van der Waals surface area contributed by atoms with Crippen LogP contribution in [-0.2, 0) is 16.1 Å². The molecule has 2 aromatic carbocycles. The van der Waals surface area contributed by atoms with Gasteiger partial charge in [0.15, 0.2) is 11.5 Å². The molecule has 4 rings (SSSR count). The second kappa shape index (κ2) is 10.1. The summed E-state index contributed by atoms with van der Waals surface area (Å²) < 4.78 is 16.1. The van der Waals surface area contributed by atoms with Crippen LogP contribution in [-0.4, -0.2) is 69.3 Å². The van der Waals surface area contributed by atoms with Crippen molar-refractivity contribution in [3.8, 4) is 11.5 Å². The standard InChI is InChI=1S/C25H31ClN2O4/c1-30-16-25(29)27-10-9-22-21(15-27)20(18-7-8-23(31-2)24(12-18)32-3)14-28(22)13-17-5-4-6-19(26)11-17/h4-8,11-12,20-22H,9-10,13-16H2,1-3H3/t20-,21-,22-/m1/s1. The van der Waals surface area contributed by atoms with Gasteiger partial charge in [-0.25, -0.2) is 0 Å². The lowest BCUT2D eigenvalue weighted by Crippen LogP contribution is -2.49.